The maximum absolute atomic E-state index is 8.98. The molecule has 0 radical (unpaired) electrons. The van der Waals surface area contributed by atoms with E-state index in [9.17, 15) is 0 Å². The van der Waals surface area contributed by atoms with Gasteiger partial charge in [0.1, 0.15) is 0 Å². The second kappa shape index (κ2) is 4.73. The second-order valence-electron chi connectivity index (χ2n) is 2.93. The van der Waals surface area contributed by atoms with E-state index >= 15 is 0 Å². The Balaban J connectivity index is 3.46. The normalized spacial score (nSPS) is 20.1. The molecule has 2 atom stereocenters. The van der Waals surface area contributed by atoms with Crippen LogP contribution in [0.5, 0.6) is 0 Å². The summed E-state index contributed by atoms with van der Waals surface area (Å²) in [6.07, 6.45) is 1.67. The highest BCUT2D eigenvalue weighted by Gasteiger charge is 2.18. The summed E-state index contributed by atoms with van der Waals surface area (Å²) in [5.41, 5.74) is 0. The van der Waals surface area contributed by atoms with Crippen molar-refractivity contribution < 1.29 is 5.11 Å². The van der Waals surface area contributed by atoms with Crippen LogP contribution >= 0.6 is 31.9 Å². The van der Waals surface area contributed by atoms with Gasteiger partial charge < -0.3 is 5.11 Å². The monoisotopic (exact) mass is 272 g/mol. The van der Waals surface area contributed by atoms with Gasteiger partial charge in [0.2, 0.25) is 0 Å². The molecule has 0 fully saturated rings. The van der Waals surface area contributed by atoms with Crippen LogP contribution in [0.4, 0.5) is 0 Å². The lowest BCUT2D eigenvalue weighted by Gasteiger charge is -2.19. The Morgan fingerprint density at radius 2 is 2.10 bits per heavy atom. The first-order valence-electron chi connectivity index (χ1n) is 3.41. The molecule has 0 aromatic carbocycles. The van der Waals surface area contributed by atoms with E-state index < -0.39 is 0 Å². The molecule has 0 amide bonds. The van der Waals surface area contributed by atoms with Gasteiger partial charge in [-0.3, -0.25) is 0 Å². The third-order valence-corrected chi connectivity index (χ3v) is 4.03. The van der Waals surface area contributed by atoms with Crippen molar-refractivity contribution in [2.24, 2.45) is 0 Å². The zero-order valence-electron chi connectivity index (χ0n) is 6.40. The summed E-state index contributed by atoms with van der Waals surface area (Å²) in [6, 6.07) is 0. The maximum atomic E-state index is 8.98. The molecule has 0 spiro atoms. The molecule has 1 N–H and O–H groups in total. The standard InChI is InChI=1S/C7H14Br2O/c1-6(10)3-4-7(2,9)5-8/h6,10H,3-5H2,1-2H3. The van der Waals surface area contributed by atoms with Crippen LogP contribution in [0.25, 0.3) is 0 Å². The summed E-state index contributed by atoms with van der Waals surface area (Å²) in [5.74, 6) is 0. The Kier molecular flexibility index (Phi) is 5.16. The minimum Gasteiger partial charge on any atom is -0.393 e. The van der Waals surface area contributed by atoms with Gasteiger partial charge in [-0.1, -0.05) is 31.9 Å². The molecule has 1 nitrogen and oxygen atoms in total. The van der Waals surface area contributed by atoms with Crippen LogP contribution in [-0.4, -0.2) is 20.9 Å². The van der Waals surface area contributed by atoms with Crippen molar-refractivity contribution in [2.45, 2.75) is 37.1 Å². The first-order valence-corrected chi connectivity index (χ1v) is 5.32. The lowest BCUT2D eigenvalue weighted by atomic mass is 10.1. The van der Waals surface area contributed by atoms with E-state index in [4.69, 9.17) is 5.11 Å². The molecular weight excluding hydrogens is 260 g/mol. The average Bonchev–Trinajstić information content (AvgIpc) is 1.85. The molecule has 0 aliphatic rings. The predicted octanol–water partition coefficient (Wildman–Crippen LogP) is 2.70. The first-order chi connectivity index (χ1) is 4.48. The molecule has 3 heteroatoms. The van der Waals surface area contributed by atoms with Crippen LogP contribution in [0, 0.1) is 0 Å². The topological polar surface area (TPSA) is 20.2 Å². The van der Waals surface area contributed by atoms with E-state index in [0.717, 1.165) is 18.2 Å². The number of hydrogen-bond acceptors (Lipinski definition) is 1. The SMILES string of the molecule is CC(O)CCC(C)(Br)CBr. The molecule has 0 aromatic heterocycles. The molecule has 62 valence electrons. The second-order valence-corrected chi connectivity index (χ2v) is 5.41. The summed E-state index contributed by atoms with van der Waals surface area (Å²) >= 11 is 6.94. The van der Waals surface area contributed by atoms with Crippen LogP contribution in [-0.2, 0) is 0 Å². The van der Waals surface area contributed by atoms with Gasteiger partial charge in [-0.15, -0.1) is 0 Å². The Labute approximate surface area is 79.5 Å². The highest BCUT2D eigenvalue weighted by molar-refractivity contribution is 9.12. The largest absolute Gasteiger partial charge is 0.393 e. The summed E-state index contributed by atoms with van der Waals surface area (Å²) in [7, 11) is 0. The minimum absolute atomic E-state index is 0.143. The lowest BCUT2D eigenvalue weighted by Crippen LogP contribution is -2.19. The van der Waals surface area contributed by atoms with Crippen molar-refractivity contribution in [1.29, 1.82) is 0 Å². The Morgan fingerprint density at radius 1 is 1.60 bits per heavy atom. The molecule has 0 aliphatic heterocycles. The van der Waals surface area contributed by atoms with Crippen LogP contribution in [0.15, 0.2) is 0 Å². The average molecular weight is 274 g/mol. The van der Waals surface area contributed by atoms with E-state index in [2.05, 4.69) is 38.8 Å². The Hall–Kier alpha value is 0.920. The molecule has 0 rings (SSSR count). The molecule has 2 unspecified atom stereocenters. The zero-order valence-corrected chi connectivity index (χ0v) is 9.57. The molecule has 0 saturated heterocycles. The summed E-state index contributed by atoms with van der Waals surface area (Å²) in [5, 5.41) is 9.90. The fraction of sp³-hybridized carbons (Fsp3) is 1.00. The smallest absolute Gasteiger partial charge is 0.0512 e. The third kappa shape index (κ3) is 5.69. The van der Waals surface area contributed by atoms with Gasteiger partial charge in [0.25, 0.3) is 0 Å². The van der Waals surface area contributed by atoms with Gasteiger partial charge in [0.05, 0.1) is 6.10 Å². The molecule has 0 aliphatic carbocycles. The van der Waals surface area contributed by atoms with Crippen LogP contribution in [0.3, 0.4) is 0 Å². The van der Waals surface area contributed by atoms with E-state index in [1.54, 1.807) is 0 Å². The van der Waals surface area contributed by atoms with Gasteiger partial charge in [-0.05, 0) is 26.7 Å². The summed E-state index contributed by atoms with van der Waals surface area (Å²) in [6.45, 7) is 3.93. The fourth-order valence-electron chi connectivity index (χ4n) is 0.577. The minimum atomic E-state index is -0.184. The molecule has 0 heterocycles. The van der Waals surface area contributed by atoms with Crippen LogP contribution < -0.4 is 0 Å². The van der Waals surface area contributed by atoms with Crippen molar-refractivity contribution >= 4 is 31.9 Å². The van der Waals surface area contributed by atoms with Crippen molar-refractivity contribution in [3.8, 4) is 0 Å². The van der Waals surface area contributed by atoms with Crippen molar-refractivity contribution in [2.75, 3.05) is 5.33 Å². The molecule has 0 saturated carbocycles. The molecule has 0 bridgehead atoms. The number of aliphatic hydroxyl groups excluding tert-OH is 1. The Bertz CT molecular complexity index is 91.6. The van der Waals surface area contributed by atoms with Gasteiger partial charge in [0.15, 0.2) is 0 Å². The Morgan fingerprint density at radius 3 is 2.40 bits per heavy atom. The first kappa shape index (κ1) is 10.9. The summed E-state index contributed by atoms with van der Waals surface area (Å²) in [4.78, 5) is 0. The summed E-state index contributed by atoms with van der Waals surface area (Å²) < 4.78 is 0.143. The molecule has 0 aromatic rings. The number of alkyl halides is 2. The predicted molar refractivity (Wildman–Crippen MR) is 52.0 cm³/mol. The lowest BCUT2D eigenvalue weighted by molar-refractivity contribution is 0.178. The van der Waals surface area contributed by atoms with E-state index in [0.29, 0.717) is 0 Å². The van der Waals surface area contributed by atoms with Crippen molar-refractivity contribution in [3.05, 3.63) is 0 Å². The maximum Gasteiger partial charge on any atom is 0.0512 e. The highest BCUT2D eigenvalue weighted by atomic mass is 79.9. The van der Waals surface area contributed by atoms with Crippen molar-refractivity contribution in [1.82, 2.24) is 0 Å². The van der Waals surface area contributed by atoms with Crippen molar-refractivity contribution in [3.63, 3.8) is 0 Å². The number of rotatable bonds is 4. The zero-order chi connectivity index (χ0) is 8.20. The van der Waals surface area contributed by atoms with Gasteiger partial charge in [-0.2, -0.15) is 0 Å². The quantitative estimate of drug-likeness (QED) is 0.781. The fourth-order valence-corrected chi connectivity index (χ4v) is 1.09. The van der Waals surface area contributed by atoms with Gasteiger partial charge in [-0.25, -0.2) is 0 Å². The molecular formula is C7H14Br2O. The van der Waals surface area contributed by atoms with Gasteiger partial charge in [0, 0.05) is 9.65 Å². The van der Waals surface area contributed by atoms with Gasteiger partial charge >= 0.3 is 0 Å². The van der Waals surface area contributed by atoms with Crippen LogP contribution in [0.2, 0.25) is 0 Å². The number of hydrogen-bond donors (Lipinski definition) is 1. The van der Waals surface area contributed by atoms with E-state index in [1.807, 2.05) is 6.92 Å². The van der Waals surface area contributed by atoms with Crippen LogP contribution in [0.1, 0.15) is 26.7 Å². The number of halogens is 2. The van der Waals surface area contributed by atoms with E-state index in [1.165, 1.54) is 0 Å². The third-order valence-electron chi connectivity index (χ3n) is 1.36. The highest BCUT2D eigenvalue weighted by Crippen LogP contribution is 2.26. The van der Waals surface area contributed by atoms with E-state index in [-0.39, 0.29) is 10.4 Å². The number of aliphatic hydroxyl groups is 1. The molecule has 10 heavy (non-hydrogen) atoms.